The molecular weight excluding hydrogens is 380 g/mol. The van der Waals surface area contributed by atoms with Crippen LogP contribution in [0.3, 0.4) is 0 Å². The molecule has 0 aromatic heterocycles. The summed E-state index contributed by atoms with van der Waals surface area (Å²) in [4.78, 5) is 0. The summed E-state index contributed by atoms with van der Waals surface area (Å²) in [5.41, 5.74) is 3.59. The molecule has 0 aliphatic carbocycles. The van der Waals surface area contributed by atoms with Crippen LogP contribution < -0.4 is 5.43 Å². The lowest BCUT2D eigenvalue weighted by Gasteiger charge is -2.62. The molecule has 0 unspecified atom stereocenters. The van der Waals surface area contributed by atoms with Crippen LogP contribution in [-0.2, 0) is 0 Å². The third kappa shape index (κ3) is 9.43. The Balaban J connectivity index is 2.01. The van der Waals surface area contributed by atoms with Crippen molar-refractivity contribution in [2.24, 2.45) is 0 Å². The van der Waals surface area contributed by atoms with Crippen LogP contribution in [-0.4, -0.2) is 68.6 Å². The van der Waals surface area contributed by atoms with Crippen LogP contribution in [0.25, 0.3) is 0 Å². The number of hydrogen-bond donors (Lipinski definition) is 1. The van der Waals surface area contributed by atoms with Crippen LogP contribution in [0.4, 0.5) is 0 Å². The summed E-state index contributed by atoms with van der Waals surface area (Å²) in [5.74, 6) is 0.0966. The van der Waals surface area contributed by atoms with Gasteiger partial charge in [0.2, 0.25) is 0 Å². The SMILES string of the molecule is CCCCCCCCCCCCCCCCC=CNN1CCC1([N+](C)(C)C)[N+](C)(C)C. The summed E-state index contributed by atoms with van der Waals surface area (Å²) in [6, 6.07) is 0. The minimum absolute atomic E-state index is 0.0966. The van der Waals surface area contributed by atoms with E-state index in [1.807, 2.05) is 0 Å². The van der Waals surface area contributed by atoms with E-state index < -0.39 is 0 Å². The highest BCUT2D eigenvalue weighted by Gasteiger charge is 2.65. The average molecular weight is 439 g/mol. The summed E-state index contributed by atoms with van der Waals surface area (Å²) in [5, 5.41) is 2.44. The summed E-state index contributed by atoms with van der Waals surface area (Å²) < 4.78 is 1.88. The maximum Gasteiger partial charge on any atom is 0.305 e. The third-order valence-electron chi connectivity index (χ3n) is 7.32. The Morgan fingerprint density at radius 2 is 1.10 bits per heavy atom. The van der Waals surface area contributed by atoms with Crippen molar-refractivity contribution in [3.05, 3.63) is 12.3 Å². The van der Waals surface area contributed by atoms with Crippen molar-refractivity contribution in [2.75, 3.05) is 48.8 Å². The lowest BCUT2D eigenvalue weighted by Crippen LogP contribution is -2.86. The zero-order valence-electron chi connectivity index (χ0n) is 22.5. The van der Waals surface area contributed by atoms with E-state index in [4.69, 9.17) is 0 Å². The lowest BCUT2D eigenvalue weighted by atomic mass is 9.99. The summed E-state index contributed by atoms with van der Waals surface area (Å²) in [6.07, 6.45) is 26.9. The molecule has 1 rings (SSSR count). The molecule has 0 saturated carbocycles. The van der Waals surface area contributed by atoms with Crippen molar-refractivity contribution in [1.29, 1.82) is 0 Å². The van der Waals surface area contributed by atoms with E-state index in [2.05, 4.69) is 71.9 Å². The number of nitrogens with zero attached hydrogens (tertiary/aromatic N) is 3. The first-order valence-corrected chi connectivity index (χ1v) is 13.5. The van der Waals surface area contributed by atoms with E-state index in [9.17, 15) is 0 Å². The number of rotatable bonds is 19. The normalized spacial score (nSPS) is 17.3. The van der Waals surface area contributed by atoms with Gasteiger partial charge in [0.1, 0.15) is 0 Å². The van der Waals surface area contributed by atoms with Crippen LogP contribution in [0.2, 0.25) is 0 Å². The van der Waals surface area contributed by atoms with Crippen LogP contribution in [0.1, 0.15) is 110 Å². The number of unbranched alkanes of at least 4 members (excludes halogenated alkanes) is 14. The monoisotopic (exact) mass is 438 g/mol. The van der Waals surface area contributed by atoms with Crippen LogP contribution in [0, 0.1) is 0 Å². The summed E-state index contributed by atoms with van der Waals surface area (Å²) in [6.45, 7) is 3.42. The van der Waals surface area contributed by atoms with Gasteiger partial charge in [-0.3, -0.25) is 8.97 Å². The van der Waals surface area contributed by atoms with E-state index >= 15 is 0 Å². The maximum absolute atomic E-state index is 3.59. The second-order valence-corrected chi connectivity index (χ2v) is 11.6. The fraction of sp³-hybridized carbons (Fsp3) is 0.926. The first-order chi connectivity index (χ1) is 14.7. The predicted octanol–water partition coefficient (Wildman–Crippen LogP) is 6.65. The van der Waals surface area contributed by atoms with Crippen molar-refractivity contribution in [3.63, 3.8) is 0 Å². The molecule has 1 aliphatic heterocycles. The van der Waals surface area contributed by atoms with Gasteiger partial charge in [-0.25, -0.2) is 0 Å². The van der Waals surface area contributed by atoms with Gasteiger partial charge in [0.25, 0.3) is 0 Å². The van der Waals surface area contributed by atoms with E-state index in [-0.39, 0.29) is 5.79 Å². The van der Waals surface area contributed by atoms with Gasteiger partial charge >= 0.3 is 5.79 Å². The molecule has 0 bridgehead atoms. The molecule has 1 fully saturated rings. The number of allylic oxidation sites excluding steroid dienone is 1. The first-order valence-electron chi connectivity index (χ1n) is 13.5. The van der Waals surface area contributed by atoms with Gasteiger partial charge < -0.3 is 5.43 Å². The fourth-order valence-electron chi connectivity index (χ4n) is 5.57. The maximum atomic E-state index is 3.59. The molecule has 0 radical (unpaired) electrons. The number of nitrogens with one attached hydrogen (secondary N) is 1. The van der Waals surface area contributed by atoms with E-state index in [1.165, 1.54) is 103 Å². The highest BCUT2D eigenvalue weighted by molar-refractivity contribution is 4.87. The van der Waals surface area contributed by atoms with Gasteiger partial charge in [-0.15, -0.1) is 5.01 Å². The molecule has 0 aromatic carbocycles. The highest BCUT2D eigenvalue weighted by atomic mass is 15.8. The second-order valence-electron chi connectivity index (χ2n) is 11.6. The van der Waals surface area contributed by atoms with Crippen LogP contribution in [0.5, 0.6) is 0 Å². The Kier molecular flexibility index (Phi) is 13.3. The Labute approximate surface area is 196 Å². The zero-order valence-corrected chi connectivity index (χ0v) is 22.5. The highest BCUT2D eigenvalue weighted by Crippen LogP contribution is 2.40. The van der Waals surface area contributed by atoms with Crippen molar-refractivity contribution >= 4 is 0 Å². The smallest absolute Gasteiger partial charge is 0.305 e. The molecular formula is C27H58N4+2. The number of hydrogen-bond acceptors (Lipinski definition) is 2. The van der Waals surface area contributed by atoms with E-state index in [0.29, 0.717) is 0 Å². The van der Waals surface area contributed by atoms with Gasteiger partial charge in [-0.1, -0.05) is 96.5 Å². The lowest BCUT2D eigenvalue weighted by molar-refractivity contribution is -1.15. The second kappa shape index (κ2) is 14.5. The topological polar surface area (TPSA) is 15.3 Å². The molecule has 4 heteroatoms. The van der Waals surface area contributed by atoms with E-state index in [0.717, 1.165) is 15.5 Å². The third-order valence-corrected chi connectivity index (χ3v) is 7.32. The van der Waals surface area contributed by atoms with Crippen molar-refractivity contribution in [1.82, 2.24) is 10.4 Å². The predicted molar refractivity (Wildman–Crippen MR) is 137 cm³/mol. The van der Waals surface area contributed by atoms with Gasteiger partial charge in [-0.2, -0.15) is 0 Å². The molecule has 1 heterocycles. The Hall–Kier alpha value is -0.580. The molecule has 184 valence electrons. The molecule has 0 aromatic rings. The standard InChI is InChI=1S/C27H58N4/c1-8-9-10-11-12-13-14-15-16-17-18-19-20-21-22-23-25-28-29-26-24-27(29,30(2,3)4)31(5,6)7/h23,25,28H,8-22,24,26H2,1-7H3/q+2. The van der Waals surface area contributed by atoms with Crippen molar-refractivity contribution < 1.29 is 8.97 Å². The first kappa shape index (κ1) is 28.5. The van der Waals surface area contributed by atoms with Crippen molar-refractivity contribution in [2.45, 2.75) is 115 Å². The molecule has 31 heavy (non-hydrogen) atoms. The summed E-state index contributed by atoms with van der Waals surface area (Å²) in [7, 11) is 13.9. The number of hydrazine groups is 1. The quantitative estimate of drug-likeness (QED) is 0.138. The molecule has 1 aliphatic rings. The number of quaternary nitrogens is 2. The fourth-order valence-corrected chi connectivity index (χ4v) is 5.57. The van der Waals surface area contributed by atoms with Crippen LogP contribution in [0.15, 0.2) is 12.3 Å². The summed E-state index contributed by atoms with van der Waals surface area (Å²) >= 11 is 0. The van der Waals surface area contributed by atoms with Crippen molar-refractivity contribution in [3.8, 4) is 0 Å². The molecule has 0 amide bonds. The van der Waals surface area contributed by atoms with Gasteiger partial charge in [0.05, 0.1) is 48.7 Å². The molecule has 4 nitrogen and oxygen atoms in total. The molecule has 1 N–H and O–H groups in total. The Bertz CT molecular complexity index is 459. The Morgan fingerprint density at radius 3 is 1.45 bits per heavy atom. The van der Waals surface area contributed by atoms with Gasteiger partial charge in [-0.05, 0) is 12.8 Å². The van der Waals surface area contributed by atoms with Gasteiger partial charge in [0, 0.05) is 12.7 Å². The molecule has 0 atom stereocenters. The van der Waals surface area contributed by atoms with E-state index in [1.54, 1.807) is 0 Å². The van der Waals surface area contributed by atoms with Crippen LogP contribution >= 0.6 is 0 Å². The molecule has 0 spiro atoms. The molecule has 1 saturated heterocycles. The zero-order chi connectivity index (χ0) is 23.2. The Morgan fingerprint density at radius 1 is 0.677 bits per heavy atom. The largest absolute Gasteiger partial charge is 0.317 e. The van der Waals surface area contributed by atoms with Gasteiger partial charge in [0.15, 0.2) is 0 Å². The average Bonchev–Trinajstić information content (AvgIpc) is 2.64. The minimum Gasteiger partial charge on any atom is -0.317 e. The minimum atomic E-state index is 0.0966.